The molecule has 8 nitrogen and oxygen atoms in total. The number of aliphatic hydroxyl groups is 2. The zero-order valence-electron chi connectivity index (χ0n) is 10.5. The Bertz CT molecular complexity index is 610. The molecule has 0 radical (unpaired) electrons. The fraction of sp³-hybridized carbons (Fsp3) is 0.545. The van der Waals surface area contributed by atoms with E-state index in [0.717, 1.165) is 5.39 Å². The molecule has 102 valence electrons. The molecule has 0 aromatic carbocycles. The molecule has 0 aliphatic carbocycles. The van der Waals surface area contributed by atoms with Crippen LogP contribution in [0.15, 0.2) is 6.20 Å². The van der Waals surface area contributed by atoms with E-state index in [1.54, 1.807) is 13.1 Å². The topological polar surface area (TPSA) is 124 Å². The molecule has 1 aliphatic heterocycles. The van der Waals surface area contributed by atoms with Crippen LogP contribution in [0.1, 0.15) is 13.3 Å². The van der Waals surface area contributed by atoms with Crippen LogP contribution < -0.4 is 10.6 Å². The minimum atomic E-state index is -0.965. The average molecular weight is 264 g/mol. The van der Waals surface area contributed by atoms with Crippen LogP contribution >= 0.6 is 0 Å². The van der Waals surface area contributed by atoms with Gasteiger partial charge in [-0.3, -0.25) is 5.10 Å². The van der Waals surface area contributed by atoms with E-state index in [-0.39, 0.29) is 5.95 Å². The van der Waals surface area contributed by atoms with Crippen LogP contribution in [-0.4, -0.2) is 55.2 Å². The summed E-state index contributed by atoms with van der Waals surface area (Å²) in [6.07, 6.45) is 1.35. The Morgan fingerprint density at radius 2 is 2.32 bits per heavy atom. The van der Waals surface area contributed by atoms with Crippen LogP contribution in [0, 0.1) is 0 Å². The second-order valence-corrected chi connectivity index (χ2v) is 5.27. The maximum absolute atomic E-state index is 10.2. The number of nitrogens with two attached hydrogens (primary N) is 1. The Hall–Kier alpha value is -1.93. The maximum atomic E-state index is 10.2. The van der Waals surface area contributed by atoms with Gasteiger partial charge in [0, 0.05) is 19.5 Å². The van der Waals surface area contributed by atoms with E-state index in [0.29, 0.717) is 31.0 Å². The number of aliphatic hydroxyl groups excluding tert-OH is 1. The van der Waals surface area contributed by atoms with Crippen molar-refractivity contribution in [1.82, 2.24) is 20.2 Å². The number of nitrogen functional groups attached to an aromatic ring is 1. The number of anilines is 2. The largest absolute Gasteiger partial charge is 0.391 e. The molecule has 2 aromatic rings. The van der Waals surface area contributed by atoms with Crippen molar-refractivity contribution in [2.75, 3.05) is 23.7 Å². The van der Waals surface area contributed by atoms with E-state index >= 15 is 0 Å². The van der Waals surface area contributed by atoms with E-state index in [2.05, 4.69) is 20.2 Å². The van der Waals surface area contributed by atoms with Gasteiger partial charge in [0.25, 0.3) is 0 Å². The third-order valence-corrected chi connectivity index (χ3v) is 3.24. The molecule has 0 saturated carbocycles. The van der Waals surface area contributed by atoms with Crippen molar-refractivity contribution in [1.29, 1.82) is 0 Å². The van der Waals surface area contributed by atoms with E-state index in [1.165, 1.54) is 0 Å². The summed E-state index contributed by atoms with van der Waals surface area (Å²) < 4.78 is 0. The molecule has 5 N–H and O–H groups in total. The van der Waals surface area contributed by atoms with Crippen molar-refractivity contribution in [3.8, 4) is 0 Å². The standard InChI is InChI=1S/C11H16N6O2/c1-11(19)2-6(18)4-17(5-11)9-7-3-13-16-8(7)14-10(12)15-9/h3,6,18-19H,2,4-5H2,1H3,(H3,12,13,14,15,16)/t6?,11-/m0/s1. The first-order valence-corrected chi connectivity index (χ1v) is 6.07. The number of aromatic amines is 1. The third-order valence-electron chi connectivity index (χ3n) is 3.24. The predicted molar refractivity (Wildman–Crippen MR) is 69.6 cm³/mol. The van der Waals surface area contributed by atoms with Gasteiger partial charge >= 0.3 is 0 Å². The van der Waals surface area contributed by atoms with Gasteiger partial charge in [0.15, 0.2) is 5.65 Å². The Morgan fingerprint density at radius 3 is 3.05 bits per heavy atom. The van der Waals surface area contributed by atoms with Crippen LogP contribution in [0.2, 0.25) is 0 Å². The highest BCUT2D eigenvalue weighted by Crippen LogP contribution is 2.29. The summed E-state index contributed by atoms with van der Waals surface area (Å²) in [4.78, 5) is 10.1. The van der Waals surface area contributed by atoms with E-state index < -0.39 is 11.7 Å². The molecule has 1 fully saturated rings. The van der Waals surface area contributed by atoms with Crippen LogP contribution in [0.3, 0.4) is 0 Å². The molecule has 8 heteroatoms. The second kappa shape index (κ2) is 4.04. The quantitative estimate of drug-likeness (QED) is 0.534. The predicted octanol–water partition coefficient (Wildman–Crippen LogP) is -0.743. The number of fused-ring (bicyclic) bond motifs is 1. The van der Waals surface area contributed by atoms with Crippen molar-refractivity contribution >= 4 is 22.8 Å². The molecule has 3 heterocycles. The Balaban J connectivity index is 2.06. The lowest BCUT2D eigenvalue weighted by atomic mass is 9.93. The zero-order valence-corrected chi connectivity index (χ0v) is 10.5. The fourth-order valence-electron chi connectivity index (χ4n) is 2.61. The minimum absolute atomic E-state index is 0.131. The number of β-amino-alcohol motifs (C(OH)–C–C–N with tert-alkyl or cyclic N) is 2. The van der Waals surface area contributed by atoms with E-state index in [1.807, 2.05) is 4.90 Å². The lowest BCUT2D eigenvalue weighted by molar-refractivity contribution is -0.00801. The number of aromatic nitrogens is 4. The van der Waals surface area contributed by atoms with Gasteiger partial charge in [-0.2, -0.15) is 15.1 Å². The Morgan fingerprint density at radius 1 is 1.53 bits per heavy atom. The van der Waals surface area contributed by atoms with Gasteiger partial charge in [0.1, 0.15) is 5.82 Å². The van der Waals surface area contributed by atoms with Gasteiger partial charge in [0.2, 0.25) is 5.95 Å². The smallest absolute Gasteiger partial charge is 0.224 e. The van der Waals surface area contributed by atoms with Crippen LogP contribution in [0.5, 0.6) is 0 Å². The fourth-order valence-corrected chi connectivity index (χ4v) is 2.61. The SMILES string of the molecule is C[C@]1(O)CC(O)CN(c2nc(N)nc3[nH]ncc23)C1. The molecule has 0 spiro atoms. The average Bonchev–Trinajstić information content (AvgIpc) is 2.72. The summed E-state index contributed by atoms with van der Waals surface area (Å²) in [5.41, 5.74) is 5.25. The number of nitrogens with zero attached hydrogens (tertiary/aromatic N) is 4. The van der Waals surface area contributed by atoms with Crippen LogP contribution in [0.4, 0.5) is 11.8 Å². The third kappa shape index (κ3) is 2.20. The first kappa shape index (κ1) is 12.1. The summed E-state index contributed by atoms with van der Waals surface area (Å²) in [6, 6.07) is 0. The highest BCUT2D eigenvalue weighted by Gasteiger charge is 2.35. The maximum Gasteiger partial charge on any atom is 0.224 e. The van der Waals surface area contributed by atoms with Crippen molar-refractivity contribution in [3.63, 3.8) is 0 Å². The van der Waals surface area contributed by atoms with Crippen molar-refractivity contribution < 1.29 is 10.2 Å². The summed E-state index contributed by atoms with van der Waals surface area (Å²) in [5.74, 6) is 0.710. The lowest BCUT2D eigenvalue weighted by Gasteiger charge is -2.40. The normalized spacial score (nSPS) is 27.9. The van der Waals surface area contributed by atoms with E-state index in [4.69, 9.17) is 5.73 Å². The summed E-state index contributed by atoms with van der Waals surface area (Å²) in [6.45, 7) is 2.47. The lowest BCUT2D eigenvalue weighted by Crippen LogP contribution is -2.52. The molecular formula is C11H16N6O2. The molecule has 0 bridgehead atoms. The van der Waals surface area contributed by atoms with Gasteiger partial charge in [-0.25, -0.2) is 0 Å². The van der Waals surface area contributed by atoms with Gasteiger partial charge < -0.3 is 20.8 Å². The molecule has 1 aliphatic rings. The first-order chi connectivity index (χ1) is 8.94. The monoisotopic (exact) mass is 264 g/mol. The number of hydrogen-bond acceptors (Lipinski definition) is 7. The first-order valence-electron chi connectivity index (χ1n) is 6.07. The van der Waals surface area contributed by atoms with Gasteiger partial charge in [-0.05, 0) is 6.92 Å². The Kier molecular flexibility index (Phi) is 2.58. The summed E-state index contributed by atoms with van der Waals surface area (Å²) in [5, 5.41) is 27.4. The molecule has 3 rings (SSSR count). The number of nitrogens with one attached hydrogen (secondary N) is 1. The van der Waals surface area contributed by atoms with Gasteiger partial charge in [-0.1, -0.05) is 0 Å². The van der Waals surface area contributed by atoms with Crippen molar-refractivity contribution in [3.05, 3.63) is 6.20 Å². The molecule has 2 atom stereocenters. The summed E-state index contributed by atoms with van der Waals surface area (Å²) in [7, 11) is 0. The van der Waals surface area contributed by atoms with Crippen LogP contribution in [0.25, 0.3) is 11.0 Å². The molecule has 19 heavy (non-hydrogen) atoms. The zero-order chi connectivity index (χ0) is 13.6. The van der Waals surface area contributed by atoms with E-state index in [9.17, 15) is 10.2 Å². The van der Waals surface area contributed by atoms with Gasteiger partial charge in [-0.15, -0.1) is 0 Å². The molecule has 0 amide bonds. The highest BCUT2D eigenvalue weighted by molar-refractivity contribution is 5.87. The van der Waals surface area contributed by atoms with Crippen molar-refractivity contribution in [2.45, 2.75) is 25.0 Å². The number of rotatable bonds is 1. The molecule has 1 unspecified atom stereocenters. The van der Waals surface area contributed by atoms with Crippen molar-refractivity contribution in [2.24, 2.45) is 0 Å². The number of hydrogen-bond donors (Lipinski definition) is 4. The highest BCUT2D eigenvalue weighted by atomic mass is 16.3. The van der Waals surface area contributed by atoms with Crippen LogP contribution in [-0.2, 0) is 0 Å². The number of H-pyrrole nitrogens is 1. The second-order valence-electron chi connectivity index (χ2n) is 5.27. The summed E-state index contributed by atoms with van der Waals surface area (Å²) >= 11 is 0. The number of piperidine rings is 1. The Labute approximate surface area is 109 Å². The minimum Gasteiger partial charge on any atom is -0.391 e. The molecular weight excluding hydrogens is 248 g/mol. The molecule has 1 saturated heterocycles. The molecule has 2 aromatic heterocycles. The van der Waals surface area contributed by atoms with Gasteiger partial charge in [0.05, 0.1) is 23.3 Å².